The lowest BCUT2D eigenvalue weighted by Gasteiger charge is -2.42. The van der Waals surface area contributed by atoms with Crippen LogP contribution in [0.5, 0.6) is 0 Å². The maximum Gasteiger partial charge on any atom is 0.365 e. The molecule has 0 spiro atoms. The van der Waals surface area contributed by atoms with Crippen LogP contribution in [0.15, 0.2) is 0 Å². The van der Waals surface area contributed by atoms with Crippen LogP contribution in [0.1, 0.15) is 77.6 Å². The number of esters is 1. The fraction of sp³-hybridized carbons (Fsp3) is 0.864. The number of aliphatic carboxylic acids is 1. The molecule has 9 nitrogen and oxygen atoms in total. The fourth-order valence-corrected chi connectivity index (χ4v) is 4.77. The van der Waals surface area contributed by atoms with Crippen molar-refractivity contribution in [3.63, 3.8) is 0 Å². The van der Waals surface area contributed by atoms with Gasteiger partial charge in [0, 0.05) is 19.3 Å². The molecule has 0 aromatic carbocycles. The number of hydrogen-bond acceptors (Lipinski definition) is 7. The van der Waals surface area contributed by atoms with E-state index in [9.17, 15) is 19.5 Å². The van der Waals surface area contributed by atoms with Gasteiger partial charge < -0.3 is 27.0 Å². The summed E-state index contributed by atoms with van der Waals surface area (Å²) in [5.41, 5.74) is 17.3. The van der Waals surface area contributed by atoms with E-state index < -0.39 is 34.5 Å². The van der Waals surface area contributed by atoms with Crippen LogP contribution in [0.25, 0.3) is 0 Å². The van der Waals surface area contributed by atoms with E-state index in [4.69, 9.17) is 21.9 Å². The van der Waals surface area contributed by atoms with Crippen molar-refractivity contribution in [1.82, 2.24) is 0 Å². The van der Waals surface area contributed by atoms with Crippen molar-refractivity contribution in [3.8, 4) is 0 Å². The Morgan fingerprint density at radius 1 is 1.00 bits per heavy atom. The van der Waals surface area contributed by atoms with Gasteiger partial charge >= 0.3 is 17.8 Å². The molecule has 4 atom stereocenters. The number of carbonyl (C=O) groups excluding carboxylic acids is 2. The number of ether oxygens (including phenoxy) is 1. The number of quaternary nitrogens is 1. The number of carboxylic acids is 1. The Balaban J connectivity index is 3.14. The van der Waals surface area contributed by atoms with Crippen molar-refractivity contribution in [3.05, 3.63) is 0 Å². The summed E-state index contributed by atoms with van der Waals surface area (Å²) in [7, 11) is 0. The highest BCUT2D eigenvalue weighted by molar-refractivity contribution is 5.85. The molecule has 1 aliphatic heterocycles. The van der Waals surface area contributed by atoms with Gasteiger partial charge in [0.2, 0.25) is 0 Å². The molecule has 180 valence electrons. The lowest BCUT2D eigenvalue weighted by molar-refractivity contribution is -0.875. The Kier molecular flexibility index (Phi) is 12.9. The second-order valence-corrected chi connectivity index (χ2v) is 8.49. The Bertz CT molecular complexity index is 574. The minimum Gasteiger partial charge on any atom is -0.477 e. The molecule has 0 radical (unpaired) electrons. The predicted molar refractivity (Wildman–Crippen MR) is 119 cm³/mol. The molecule has 0 bridgehead atoms. The standard InChI is InChI=1S/C22H42N4O5/c1-2-31-22(30)19(12-6-4-3-5-8-14-23)26(16-10-13-18(26)21(28)29)20(27)17(25)11-7-9-15-24/h17-19H,2-16,23-25H2,1H3/p+1/t17-,18-,19-,26?/m0/s1. The third kappa shape index (κ3) is 7.52. The summed E-state index contributed by atoms with van der Waals surface area (Å²) in [4.78, 5) is 38.8. The number of hydrogen-bond donors (Lipinski definition) is 4. The smallest absolute Gasteiger partial charge is 0.365 e. The minimum absolute atomic E-state index is 0.181. The molecule has 1 rings (SSSR count). The van der Waals surface area contributed by atoms with E-state index in [2.05, 4.69) is 0 Å². The lowest BCUT2D eigenvalue weighted by Crippen LogP contribution is -2.69. The van der Waals surface area contributed by atoms with Gasteiger partial charge in [-0.2, -0.15) is 0 Å². The summed E-state index contributed by atoms with van der Waals surface area (Å²) >= 11 is 0. The molecule has 9 heteroatoms. The van der Waals surface area contributed by atoms with Crippen LogP contribution in [-0.4, -0.2) is 71.8 Å². The van der Waals surface area contributed by atoms with Crippen molar-refractivity contribution >= 4 is 17.8 Å². The van der Waals surface area contributed by atoms with Crippen LogP contribution >= 0.6 is 0 Å². The fourth-order valence-electron chi connectivity index (χ4n) is 4.77. The van der Waals surface area contributed by atoms with Gasteiger partial charge in [-0.05, 0) is 52.1 Å². The van der Waals surface area contributed by atoms with E-state index in [-0.39, 0.29) is 12.5 Å². The van der Waals surface area contributed by atoms with Crippen molar-refractivity contribution in [1.29, 1.82) is 0 Å². The molecular formula is C22H43N4O5+. The topological polar surface area (TPSA) is 159 Å². The molecule has 1 unspecified atom stereocenters. The van der Waals surface area contributed by atoms with E-state index in [1.807, 2.05) is 0 Å². The third-order valence-electron chi connectivity index (χ3n) is 6.34. The Morgan fingerprint density at radius 3 is 2.19 bits per heavy atom. The summed E-state index contributed by atoms with van der Waals surface area (Å²) in [5.74, 6) is -1.92. The van der Waals surface area contributed by atoms with Crippen molar-refractivity contribution in [2.45, 2.75) is 95.7 Å². The van der Waals surface area contributed by atoms with E-state index in [0.717, 1.165) is 38.5 Å². The third-order valence-corrected chi connectivity index (χ3v) is 6.34. The van der Waals surface area contributed by atoms with Crippen molar-refractivity contribution in [2.24, 2.45) is 17.2 Å². The first-order chi connectivity index (χ1) is 14.9. The predicted octanol–water partition coefficient (Wildman–Crippen LogP) is 1.26. The SMILES string of the molecule is CCOC(=O)[C@H](CCCCCCCN)[N+]1(C(=O)[C@@H](N)CCCCN)CCC[C@H]1C(=O)O. The Morgan fingerprint density at radius 2 is 1.58 bits per heavy atom. The van der Waals surface area contributed by atoms with Crippen LogP contribution in [0.4, 0.5) is 0 Å². The summed E-state index contributed by atoms with van der Waals surface area (Å²) in [6.45, 7) is 3.36. The highest BCUT2D eigenvalue weighted by Gasteiger charge is 2.60. The number of carbonyl (C=O) groups is 3. The average molecular weight is 444 g/mol. The molecule has 0 aliphatic carbocycles. The van der Waals surface area contributed by atoms with Crippen LogP contribution in [-0.2, 0) is 19.1 Å². The number of nitrogens with two attached hydrogens (primary N) is 3. The summed E-state index contributed by atoms with van der Waals surface area (Å²) in [5, 5.41) is 9.93. The zero-order valence-corrected chi connectivity index (χ0v) is 19.1. The first-order valence-corrected chi connectivity index (χ1v) is 11.8. The van der Waals surface area contributed by atoms with Gasteiger partial charge in [0.1, 0.15) is 6.04 Å². The largest absolute Gasteiger partial charge is 0.477 e. The second kappa shape index (κ2) is 14.5. The molecule has 0 saturated carbocycles. The zero-order chi connectivity index (χ0) is 23.3. The van der Waals surface area contributed by atoms with Gasteiger partial charge in [-0.3, -0.25) is 0 Å². The molecule has 31 heavy (non-hydrogen) atoms. The van der Waals surface area contributed by atoms with Crippen molar-refractivity contribution in [2.75, 3.05) is 26.2 Å². The number of carboxylic acid groups (broad SMARTS) is 1. The van der Waals surface area contributed by atoms with Crippen LogP contribution in [0, 0.1) is 0 Å². The normalized spacial score (nSPS) is 22.8. The molecular weight excluding hydrogens is 400 g/mol. The Labute approximate surface area is 186 Å². The van der Waals surface area contributed by atoms with Crippen LogP contribution in [0.2, 0.25) is 0 Å². The Hall–Kier alpha value is -1.55. The molecule has 0 aromatic rings. The van der Waals surface area contributed by atoms with Crippen molar-refractivity contribution < 1.29 is 28.7 Å². The highest BCUT2D eigenvalue weighted by atomic mass is 16.5. The number of unbranched alkanes of at least 4 members (excludes halogenated alkanes) is 5. The van der Waals surface area contributed by atoms with E-state index in [1.165, 1.54) is 0 Å². The van der Waals surface area contributed by atoms with E-state index >= 15 is 0 Å². The maximum atomic E-state index is 13.6. The monoisotopic (exact) mass is 443 g/mol. The maximum absolute atomic E-state index is 13.6. The summed E-state index contributed by atoms with van der Waals surface area (Å²) < 4.78 is 4.90. The summed E-state index contributed by atoms with van der Waals surface area (Å²) in [6.07, 6.45) is 7.75. The molecule has 7 N–H and O–H groups in total. The zero-order valence-electron chi connectivity index (χ0n) is 19.1. The van der Waals surface area contributed by atoms with Crippen LogP contribution < -0.4 is 17.2 Å². The lowest BCUT2D eigenvalue weighted by atomic mass is 9.97. The molecule has 1 aliphatic rings. The second-order valence-electron chi connectivity index (χ2n) is 8.49. The molecule has 1 amide bonds. The molecule has 1 heterocycles. The molecule has 1 fully saturated rings. The number of amides is 1. The highest BCUT2D eigenvalue weighted by Crippen LogP contribution is 2.35. The number of nitrogens with zero attached hydrogens (tertiary/aromatic N) is 1. The first kappa shape index (κ1) is 27.5. The number of likely N-dealkylation sites (tertiary alicyclic amines) is 1. The van der Waals surface area contributed by atoms with Crippen LogP contribution in [0.3, 0.4) is 0 Å². The summed E-state index contributed by atoms with van der Waals surface area (Å²) in [6, 6.07) is -2.64. The quantitative estimate of drug-likeness (QED) is 0.158. The van der Waals surface area contributed by atoms with Gasteiger partial charge in [0.25, 0.3) is 0 Å². The van der Waals surface area contributed by atoms with Gasteiger partial charge in [-0.15, -0.1) is 0 Å². The van der Waals surface area contributed by atoms with Gasteiger partial charge in [-0.1, -0.05) is 19.3 Å². The first-order valence-electron chi connectivity index (χ1n) is 11.8. The van der Waals surface area contributed by atoms with Gasteiger partial charge in [0.15, 0.2) is 12.1 Å². The van der Waals surface area contributed by atoms with E-state index in [0.29, 0.717) is 51.7 Å². The van der Waals surface area contributed by atoms with Gasteiger partial charge in [-0.25, -0.2) is 18.9 Å². The average Bonchev–Trinajstić information content (AvgIpc) is 3.18. The minimum atomic E-state index is -1.06. The molecule has 0 aromatic heterocycles. The van der Waals surface area contributed by atoms with E-state index in [1.54, 1.807) is 6.92 Å². The number of rotatable bonds is 16. The molecule has 1 saturated heterocycles. The van der Waals surface area contributed by atoms with Gasteiger partial charge in [0.05, 0.1) is 13.2 Å².